The minimum atomic E-state index is -1.31. The van der Waals surface area contributed by atoms with Crippen LogP contribution in [0.4, 0.5) is 16.3 Å². The van der Waals surface area contributed by atoms with E-state index in [1.807, 2.05) is 13.8 Å². The number of nitrogens with one attached hydrogen (secondary N) is 4. The van der Waals surface area contributed by atoms with Crippen molar-refractivity contribution in [1.82, 2.24) is 56.2 Å². The monoisotopic (exact) mass is 1380 g/mol. The van der Waals surface area contributed by atoms with Crippen molar-refractivity contribution in [3.05, 3.63) is 141 Å². The van der Waals surface area contributed by atoms with Crippen molar-refractivity contribution in [3.63, 3.8) is 0 Å². The summed E-state index contributed by atoms with van der Waals surface area (Å²) >= 11 is 7.05. The van der Waals surface area contributed by atoms with Crippen molar-refractivity contribution >= 4 is 127 Å². The number of pyridine rings is 1. The Hall–Kier alpha value is -8.95. The number of aryl methyl sites for hydroxylation is 1. The van der Waals surface area contributed by atoms with Crippen LogP contribution in [0.15, 0.2) is 88.3 Å². The lowest BCUT2D eigenvalue weighted by molar-refractivity contribution is -0.143. The number of hydrogen-bond donors (Lipinski definition) is 7. The second-order valence-corrected chi connectivity index (χ2v) is 28.1. The molecule has 4 atom stereocenters. The van der Waals surface area contributed by atoms with Crippen molar-refractivity contribution < 1.29 is 63.1 Å². The van der Waals surface area contributed by atoms with E-state index in [0.29, 0.717) is 93.7 Å². The van der Waals surface area contributed by atoms with E-state index in [2.05, 4.69) is 21.3 Å². The Bertz CT molecular complexity index is 4320. The summed E-state index contributed by atoms with van der Waals surface area (Å²) in [5.41, 5.74) is 2.64. The number of fused-ring (bicyclic) bond motifs is 14. The number of thiazole rings is 6. The third-order valence-corrected chi connectivity index (χ3v) is 21.4. The minimum absolute atomic E-state index is 0.00856. The zero-order valence-corrected chi connectivity index (χ0v) is 55.7. The number of aliphatic hydroxyl groups excluding tert-OH is 1. The van der Waals surface area contributed by atoms with Crippen molar-refractivity contribution in [2.45, 2.75) is 96.1 Å². The molecular formula is C63H60N12O13S6. The number of benzene rings is 2. The van der Waals surface area contributed by atoms with Crippen LogP contribution < -0.4 is 26.2 Å². The maximum Gasteiger partial charge on any atom is 0.420 e. The first-order valence-electron chi connectivity index (χ1n) is 29.5. The average molecular weight is 1390 g/mol. The van der Waals surface area contributed by atoms with Gasteiger partial charge in [-0.3, -0.25) is 28.8 Å². The highest BCUT2D eigenvalue weighted by Crippen LogP contribution is 2.42. The third kappa shape index (κ3) is 14.8. The SMILES string of the molecule is CNC(=O)C[C@@H]1NC(=O)c2csc(n2)-c2ccc(-c3nc(N(C(=O)OC4CCC(C(=O)O)CC4)c4ccc(C(=O)O)cc4)cs3)nc2-c2csc(n2)-c2csc(n2)[C@H]([C@@H](O)c2ccccc2)NC(=O)CNC(=O)c2nc(sc2COC)C(C(C)C)CC(=O)c2nc1sc2C. The number of aromatic nitrogens is 7. The van der Waals surface area contributed by atoms with Crippen molar-refractivity contribution in [1.29, 1.82) is 0 Å². The van der Waals surface area contributed by atoms with Gasteiger partial charge in [0.25, 0.3) is 11.8 Å². The summed E-state index contributed by atoms with van der Waals surface area (Å²) < 4.78 is 11.5. The second kappa shape index (κ2) is 29.1. The van der Waals surface area contributed by atoms with Crippen LogP contribution in [0.5, 0.6) is 0 Å². The summed E-state index contributed by atoms with van der Waals surface area (Å²) in [6.07, 6.45) is -1.74. The standard InChI is InChI=1S/C63H60N12O13S6/c1-29(2)37-21-43(76)48-30(3)93-59(73-48)39(22-46(77)64-4)67-53(80)41-26-89-55(69-41)36-19-20-38(57-71-45(28-92-57)75(34-15-11-32(12-16-34)61(82)83)63(86)88-35-17-13-33(14-18-35)62(84)85)66-49(36)40-25-90-58(68-40)42-27-91-60(70-42)51(52(79)31-9-7-6-8-10-31)72-47(78)23-65-54(81)50-44(24-87-5)94-56(37)74-50/h6-12,15-16,19-20,25-29,33,35,37,39,51-52,79H,13-14,17-18,21-24H2,1-5H3,(H,64,77)(H,65,81)(H,67,80)(H,72,78)(H,82,83)(H,84,85)/t33?,35?,37?,39-,51-,52-/m0/s1. The number of ketones is 1. The molecule has 11 rings (SSSR count). The van der Waals surface area contributed by atoms with Crippen LogP contribution >= 0.6 is 68.0 Å². The lowest BCUT2D eigenvalue weighted by Crippen LogP contribution is -2.40. The number of ether oxygens (including phenoxy) is 2. The van der Waals surface area contributed by atoms with E-state index in [1.165, 1.54) is 66.0 Å². The lowest BCUT2D eigenvalue weighted by Gasteiger charge is -2.28. The summed E-state index contributed by atoms with van der Waals surface area (Å²) in [5.74, 6) is -5.89. The van der Waals surface area contributed by atoms with Gasteiger partial charge >= 0.3 is 18.0 Å². The molecule has 25 nitrogen and oxygen atoms in total. The van der Waals surface area contributed by atoms with Crippen LogP contribution in [0, 0.1) is 18.8 Å². The molecule has 94 heavy (non-hydrogen) atoms. The van der Waals surface area contributed by atoms with Gasteiger partial charge in [0.05, 0.1) is 58.4 Å². The van der Waals surface area contributed by atoms with Crippen LogP contribution in [0.1, 0.15) is 149 Å². The molecule has 1 unspecified atom stereocenters. The zero-order valence-electron chi connectivity index (χ0n) is 50.8. The van der Waals surface area contributed by atoms with Gasteiger partial charge in [0.2, 0.25) is 11.8 Å². The van der Waals surface area contributed by atoms with Crippen LogP contribution in [0.2, 0.25) is 0 Å². The molecule has 2 aromatic carbocycles. The van der Waals surface area contributed by atoms with Gasteiger partial charge < -0.3 is 46.1 Å². The summed E-state index contributed by atoms with van der Waals surface area (Å²) in [7, 11) is 2.94. The molecule has 2 aliphatic rings. The number of nitrogens with zero attached hydrogens (tertiary/aromatic N) is 8. The average Bonchev–Trinajstić information content (AvgIpc) is 1.73. The number of anilines is 2. The van der Waals surface area contributed by atoms with Gasteiger partial charge in [0, 0.05) is 58.5 Å². The molecule has 10 bridgehead atoms. The molecular weight excluding hydrogens is 1330 g/mol. The fraction of sp³-hybridized carbons (Fsp3) is 0.317. The Labute approximate surface area is 560 Å². The van der Waals surface area contributed by atoms with Gasteiger partial charge in [-0.1, -0.05) is 44.2 Å². The highest BCUT2D eigenvalue weighted by atomic mass is 32.1. The van der Waals surface area contributed by atoms with Crippen molar-refractivity contribution in [2.24, 2.45) is 11.8 Å². The van der Waals surface area contributed by atoms with Gasteiger partial charge in [-0.25, -0.2) is 49.4 Å². The van der Waals surface area contributed by atoms with E-state index in [0.717, 1.165) is 45.3 Å². The molecule has 1 fully saturated rings. The third-order valence-electron chi connectivity index (χ3n) is 15.7. The Kier molecular flexibility index (Phi) is 20.6. The molecule has 486 valence electrons. The van der Waals surface area contributed by atoms with Gasteiger partial charge in [0.15, 0.2) is 11.6 Å². The minimum Gasteiger partial charge on any atom is -0.481 e. The predicted octanol–water partition coefficient (Wildman–Crippen LogP) is 10.8. The topological polar surface area (TPSA) is 357 Å². The Balaban J connectivity index is 0.987. The number of hydrogen-bond acceptors (Lipinski definition) is 24. The van der Waals surface area contributed by atoms with E-state index in [4.69, 9.17) is 44.4 Å². The molecule has 7 N–H and O–H groups in total. The van der Waals surface area contributed by atoms with Crippen molar-refractivity contribution in [2.75, 3.05) is 25.6 Å². The highest BCUT2D eigenvalue weighted by Gasteiger charge is 2.35. The largest absolute Gasteiger partial charge is 0.481 e. The fourth-order valence-electron chi connectivity index (χ4n) is 10.6. The van der Waals surface area contributed by atoms with E-state index in [-0.39, 0.29) is 71.0 Å². The number of aliphatic carboxylic acids is 1. The molecule has 9 aromatic rings. The Morgan fingerprint density at radius 2 is 1.39 bits per heavy atom. The highest BCUT2D eigenvalue weighted by molar-refractivity contribution is 7.15. The molecule has 1 saturated carbocycles. The number of aliphatic hydroxyl groups is 1. The molecule has 5 amide bonds. The quantitative estimate of drug-likeness (QED) is 0.0564. The number of carbonyl (C=O) groups is 8. The van der Waals surface area contributed by atoms with Crippen molar-refractivity contribution in [3.8, 4) is 43.4 Å². The van der Waals surface area contributed by atoms with Crippen LogP contribution in [-0.4, -0.2) is 124 Å². The Morgan fingerprint density at radius 1 is 0.702 bits per heavy atom. The zero-order chi connectivity index (χ0) is 66.5. The smallest absolute Gasteiger partial charge is 0.420 e. The van der Waals surface area contributed by atoms with E-state index in [1.54, 1.807) is 70.9 Å². The normalized spacial score (nSPS) is 18.3. The number of rotatable bonds is 13. The molecule has 31 heteroatoms. The predicted molar refractivity (Wildman–Crippen MR) is 354 cm³/mol. The Morgan fingerprint density at radius 3 is 2.11 bits per heavy atom. The number of Topliss-reactive ketones (excluding diaryl/α,β-unsaturated/α-hetero) is 1. The second-order valence-electron chi connectivity index (χ2n) is 22.3. The number of aromatic carboxylic acids is 1. The number of carboxylic acid groups (broad SMARTS) is 2. The molecule has 0 radical (unpaired) electrons. The first kappa shape index (κ1) is 66.5. The number of amides is 5. The molecule has 1 aliphatic heterocycles. The van der Waals surface area contributed by atoms with Gasteiger partial charge in [-0.05, 0) is 80.5 Å². The first-order valence-corrected chi connectivity index (χ1v) is 34.6. The summed E-state index contributed by atoms with van der Waals surface area (Å²) in [6, 6.07) is 15.6. The van der Waals surface area contributed by atoms with E-state index < -0.39 is 84.3 Å². The lowest BCUT2D eigenvalue weighted by atomic mass is 9.87. The molecule has 1 aliphatic carbocycles. The van der Waals surface area contributed by atoms with Crippen LogP contribution in [-0.2, 0) is 30.5 Å². The number of methoxy groups -OCH3 is 1. The molecule has 8 heterocycles. The molecule has 0 spiro atoms. The molecule has 0 saturated heterocycles. The maximum absolute atomic E-state index is 14.5. The van der Waals surface area contributed by atoms with Gasteiger partial charge in [-0.2, -0.15) is 0 Å². The number of carboxylic acids is 2. The van der Waals surface area contributed by atoms with E-state index >= 15 is 0 Å². The summed E-state index contributed by atoms with van der Waals surface area (Å²) in [4.78, 5) is 145. The summed E-state index contributed by atoms with van der Waals surface area (Å²) in [5, 5.41) is 51.3. The van der Waals surface area contributed by atoms with Gasteiger partial charge in [0.1, 0.15) is 77.5 Å². The van der Waals surface area contributed by atoms with Crippen LogP contribution in [0.25, 0.3) is 43.4 Å². The van der Waals surface area contributed by atoms with Gasteiger partial charge in [-0.15, -0.1) is 68.0 Å². The number of carbonyl (C=O) groups excluding carboxylic acids is 6. The van der Waals surface area contributed by atoms with E-state index in [9.17, 15) is 53.7 Å². The summed E-state index contributed by atoms with van der Waals surface area (Å²) in [6.45, 7) is 5.08. The molecule has 7 aromatic heterocycles. The first-order chi connectivity index (χ1) is 45.2. The fourth-order valence-corrected chi connectivity index (χ4v) is 16.2. The maximum atomic E-state index is 14.5. The van der Waals surface area contributed by atoms with Crippen LogP contribution in [0.3, 0.4) is 0 Å².